The molecular weight excluding hydrogens is 618 g/mol. The largest absolute Gasteiger partial charge is 0.504 e. The molecule has 2 rings (SSSR count). The number of hydrogen-bond donors (Lipinski definition) is 5. The van der Waals surface area contributed by atoms with Gasteiger partial charge in [-0.25, -0.2) is 4.79 Å². The van der Waals surface area contributed by atoms with Crippen molar-refractivity contribution >= 4 is 35.5 Å². The second-order valence-electron chi connectivity index (χ2n) is 11.3. The summed E-state index contributed by atoms with van der Waals surface area (Å²) in [6, 6.07) is 4.11. The van der Waals surface area contributed by atoms with Gasteiger partial charge in [-0.3, -0.25) is 14.4 Å². The number of benzene rings is 1. The highest BCUT2D eigenvalue weighted by atomic mass is 32.2. The van der Waals surface area contributed by atoms with Gasteiger partial charge in [0.25, 0.3) is 0 Å². The van der Waals surface area contributed by atoms with Gasteiger partial charge in [0.2, 0.25) is 5.91 Å². The van der Waals surface area contributed by atoms with E-state index in [-0.39, 0.29) is 55.3 Å². The number of aromatic hydroxyl groups is 2. The fourth-order valence-electron chi connectivity index (χ4n) is 4.88. The summed E-state index contributed by atoms with van der Waals surface area (Å²) in [5, 5.41) is 24.7. The normalized spacial score (nSPS) is 17.5. The summed E-state index contributed by atoms with van der Waals surface area (Å²) in [6.07, 6.45) is 4.97. The fourth-order valence-corrected chi connectivity index (χ4v) is 6.51. The molecule has 260 valence electrons. The number of rotatable bonds is 25. The zero-order chi connectivity index (χ0) is 33.6. The molecule has 0 aromatic heterocycles. The summed E-state index contributed by atoms with van der Waals surface area (Å²) in [5.41, 5.74) is 6.06. The van der Waals surface area contributed by atoms with Crippen LogP contribution >= 0.6 is 11.8 Å². The Morgan fingerprint density at radius 3 is 2.24 bits per heavy atom. The predicted octanol–water partition coefficient (Wildman–Crippen LogP) is 2.83. The molecule has 0 saturated carbocycles. The topological polar surface area (TPSA) is 196 Å². The van der Waals surface area contributed by atoms with Crippen molar-refractivity contribution < 1.29 is 48.3 Å². The van der Waals surface area contributed by atoms with Gasteiger partial charge < -0.3 is 45.5 Å². The van der Waals surface area contributed by atoms with Gasteiger partial charge in [-0.2, -0.15) is 11.8 Å². The van der Waals surface area contributed by atoms with Gasteiger partial charge in [0.1, 0.15) is 12.4 Å². The van der Waals surface area contributed by atoms with Crippen molar-refractivity contribution in [1.82, 2.24) is 10.6 Å². The van der Waals surface area contributed by atoms with Crippen LogP contribution in [0.3, 0.4) is 0 Å². The Hall–Kier alpha value is -3.07. The number of ketones is 1. The number of carbonyl (C=O) groups excluding carboxylic acids is 4. The first-order chi connectivity index (χ1) is 22.2. The molecular formula is C32H51N3O10S. The molecule has 13 nitrogen and oxygen atoms in total. The number of ether oxygens (including phenoxy) is 4. The van der Waals surface area contributed by atoms with Crippen LogP contribution in [-0.2, 0) is 39.8 Å². The SMILES string of the molecule is CC1CSC(CCCCC(=O)CCCOCCOCCOCCOC(=O)CCC(=O)NCCc2ccc(O)c(O)c2)C1NC(N)=O. The quantitative estimate of drug-likeness (QED) is 0.0583. The van der Waals surface area contributed by atoms with Crippen molar-refractivity contribution in [2.75, 3.05) is 58.5 Å². The Balaban J connectivity index is 1.31. The lowest BCUT2D eigenvalue weighted by Gasteiger charge is -2.22. The number of thioether (sulfide) groups is 1. The van der Waals surface area contributed by atoms with Crippen LogP contribution in [0, 0.1) is 5.92 Å². The summed E-state index contributed by atoms with van der Waals surface area (Å²) in [7, 11) is 0. The maximum Gasteiger partial charge on any atom is 0.312 e. The van der Waals surface area contributed by atoms with E-state index in [0.29, 0.717) is 76.4 Å². The van der Waals surface area contributed by atoms with E-state index in [1.807, 2.05) is 11.8 Å². The minimum atomic E-state index is -0.486. The molecule has 0 spiro atoms. The first kappa shape index (κ1) is 39.1. The number of nitrogens with one attached hydrogen (secondary N) is 2. The van der Waals surface area contributed by atoms with E-state index in [1.54, 1.807) is 6.07 Å². The zero-order valence-electron chi connectivity index (χ0n) is 26.8. The van der Waals surface area contributed by atoms with Crippen molar-refractivity contribution in [3.63, 3.8) is 0 Å². The molecule has 46 heavy (non-hydrogen) atoms. The van der Waals surface area contributed by atoms with Crippen LogP contribution in [0.25, 0.3) is 0 Å². The van der Waals surface area contributed by atoms with Crippen LogP contribution in [0.1, 0.15) is 63.9 Å². The van der Waals surface area contributed by atoms with E-state index >= 15 is 0 Å². The van der Waals surface area contributed by atoms with Gasteiger partial charge in [0.05, 0.1) is 39.5 Å². The first-order valence-corrected chi connectivity index (χ1v) is 17.1. The lowest BCUT2D eigenvalue weighted by molar-refractivity contribution is -0.146. The van der Waals surface area contributed by atoms with Gasteiger partial charge in [0, 0.05) is 43.7 Å². The van der Waals surface area contributed by atoms with Crippen molar-refractivity contribution in [3.8, 4) is 11.5 Å². The molecule has 1 heterocycles. The smallest absolute Gasteiger partial charge is 0.312 e. The molecule has 0 radical (unpaired) electrons. The first-order valence-electron chi connectivity index (χ1n) is 16.0. The molecule has 3 amide bonds. The van der Waals surface area contributed by atoms with Crippen LogP contribution < -0.4 is 16.4 Å². The maximum atomic E-state index is 12.1. The summed E-state index contributed by atoms with van der Waals surface area (Å²) in [5.74, 6) is 0.483. The highest BCUT2D eigenvalue weighted by molar-refractivity contribution is 8.00. The molecule has 1 aromatic carbocycles. The number of urea groups is 1. The molecule has 6 N–H and O–H groups in total. The predicted molar refractivity (Wildman–Crippen MR) is 174 cm³/mol. The van der Waals surface area contributed by atoms with Crippen molar-refractivity contribution in [1.29, 1.82) is 0 Å². The number of phenolic OH excluding ortho intramolecular Hbond substituents is 2. The average molecular weight is 670 g/mol. The third-order valence-electron chi connectivity index (χ3n) is 7.40. The molecule has 1 aliphatic rings. The minimum absolute atomic E-state index is 0.00625. The Kier molecular flexibility index (Phi) is 19.8. The maximum absolute atomic E-state index is 12.1. The summed E-state index contributed by atoms with van der Waals surface area (Å²) in [4.78, 5) is 47.1. The second kappa shape index (κ2) is 23.3. The van der Waals surface area contributed by atoms with Crippen molar-refractivity contribution in [2.24, 2.45) is 11.7 Å². The number of primary amides is 1. The highest BCUT2D eigenvalue weighted by Crippen LogP contribution is 2.34. The third kappa shape index (κ3) is 17.6. The van der Waals surface area contributed by atoms with Crippen LogP contribution in [0.2, 0.25) is 0 Å². The second-order valence-corrected chi connectivity index (χ2v) is 12.5. The molecule has 14 heteroatoms. The van der Waals surface area contributed by atoms with E-state index in [2.05, 4.69) is 17.6 Å². The highest BCUT2D eigenvalue weighted by Gasteiger charge is 2.34. The van der Waals surface area contributed by atoms with E-state index in [1.165, 1.54) is 12.1 Å². The number of hydrogen-bond acceptors (Lipinski definition) is 11. The molecule has 1 saturated heterocycles. The summed E-state index contributed by atoms with van der Waals surface area (Å²) < 4.78 is 21.4. The summed E-state index contributed by atoms with van der Waals surface area (Å²) >= 11 is 1.87. The van der Waals surface area contributed by atoms with Gasteiger partial charge in [0.15, 0.2) is 11.5 Å². The molecule has 3 unspecified atom stereocenters. The monoisotopic (exact) mass is 669 g/mol. The molecule has 3 atom stereocenters. The molecule has 1 fully saturated rings. The number of carbonyl (C=O) groups is 4. The molecule has 0 aliphatic carbocycles. The van der Waals surface area contributed by atoms with Crippen LogP contribution in [0.15, 0.2) is 18.2 Å². The Morgan fingerprint density at radius 1 is 0.870 bits per heavy atom. The van der Waals surface area contributed by atoms with Crippen LogP contribution in [0.5, 0.6) is 11.5 Å². The van der Waals surface area contributed by atoms with Gasteiger partial charge in [-0.15, -0.1) is 0 Å². The fraction of sp³-hybridized carbons (Fsp3) is 0.688. The standard InChI is InChI=1S/C32H51N3O10S/c1-23-22-46-28(31(23)35-32(33)41)7-3-2-5-25(36)6-4-14-42-15-16-43-17-18-44-19-20-45-30(40)11-10-29(39)34-13-12-24-8-9-26(37)27(38)21-24/h8-9,21,23,28,31,37-38H,2-7,10-20,22H2,1H3,(H,34,39)(H3,33,35,41). The van der Waals surface area contributed by atoms with Crippen molar-refractivity contribution in [2.45, 2.75) is 76.0 Å². The van der Waals surface area contributed by atoms with E-state index in [4.69, 9.17) is 24.7 Å². The van der Waals surface area contributed by atoms with Gasteiger partial charge in [-0.05, 0) is 55.1 Å². The Morgan fingerprint density at radius 2 is 1.54 bits per heavy atom. The summed E-state index contributed by atoms with van der Waals surface area (Å²) in [6.45, 7) is 4.82. The third-order valence-corrected chi connectivity index (χ3v) is 9.08. The number of esters is 1. The number of amides is 3. The number of unbranched alkanes of at least 4 members (excludes halogenated alkanes) is 1. The van der Waals surface area contributed by atoms with Gasteiger partial charge >= 0.3 is 12.0 Å². The number of nitrogens with two attached hydrogens (primary N) is 1. The lowest BCUT2D eigenvalue weighted by Crippen LogP contribution is -2.45. The number of Topliss-reactive ketones (excluding diaryl/α,β-unsaturated/α-hetero) is 1. The van der Waals surface area contributed by atoms with E-state index in [9.17, 15) is 29.4 Å². The van der Waals surface area contributed by atoms with E-state index in [0.717, 1.165) is 30.6 Å². The zero-order valence-corrected chi connectivity index (χ0v) is 27.7. The Labute approximate surface area is 275 Å². The van der Waals surface area contributed by atoms with Gasteiger partial charge in [-0.1, -0.05) is 19.4 Å². The molecule has 0 bridgehead atoms. The van der Waals surface area contributed by atoms with E-state index < -0.39 is 12.0 Å². The Bertz CT molecular complexity index is 1080. The minimum Gasteiger partial charge on any atom is -0.504 e. The lowest BCUT2D eigenvalue weighted by atomic mass is 9.97. The van der Waals surface area contributed by atoms with Crippen LogP contribution in [-0.4, -0.2) is 104 Å². The van der Waals surface area contributed by atoms with Crippen molar-refractivity contribution in [3.05, 3.63) is 23.8 Å². The molecule has 1 aromatic rings. The number of phenols is 2. The van der Waals surface area contributed by atoms with Crippen LogP contribution in [0.4, 0.5) is 4.79 Å². The average Bonchev–Trinajstić information content (AvgIpc) is 3.36. The molecule has 1 aliphatic heterocycles.